The largest absolute Gasteiger partial charge is 0.507 e. The molecule has 0 amide bonds. The molecule has 0 aliphatic carbocycles. The smallest absolute Gasteiger partial charge is 0.283 e. The van der Waals surface area contributed by atoms with Crippen molar-refractivity contribution in [2.75, 3.05) is 0 Å². The Hall–Kier alpha value is -2.25. The van der Waals surface area contributed by atoms with Crippen LogP contribution in [-0.4, -0.2) is 21.0 Å². The van der Waals surface area contributed by atoms with Crippen molar-refractivity contribution in [2.45, 2.75) is 6.92 Å². The fourth-order valence-corrected chi connectivity index (χ4v) is 3.14. The molecule has 0 saturated heterocycles. The number of para-hydroxylation sites is 1. The number of aryl methyl sites for hydroxylation is 1. The van der Waals surface area contributed by atoms with Crippen molar-refractivity contribution in [3.05, 3.63) is 55.9 Å². The van der Waals surface area contributed by atoms with E-state index < -0.39 is 0 Å². The molecule has 2 heterocycles. The van der Waals surface area contributed by atoms with Gasteiger partial charge in [-0.1, -0.05) is 12.1 Å². The van der Waals surface area contributed by atoms with Crippen molar-refractivity contribution in [3.8, 4) is 5.75 Å². The first kappa shape index (κ1) is 13.7. The molecule has 7 heteroatoms. The third-order valence-electron chi connectivity index (χ3n) is 2.94. The zero-order chi connectivity index (χ0) is 15.0. The lowest BCUT2D eigenvalue weighted by molar-refractivity contribution is 0.474. The molecule has 5 nitrogen and oxygen atoms in total. The summed E-state index contributed by atoms with van der Waals surface area (Å²) in [4.78, 5) is 17.1. The maximum atomic E-state index is 12.4. The SMILES string of the molecule is Cc1cc2c(=O)n(N=Cc3ccccc3O)c(=S)[nH]c2s1. The van der Waals surface area contributed by atoms with Crippen molar-refractivity contribution in [1.29, 1.82) is 0 Å². The van der Waals surface area contributed by atoms with Gasteiger partial charge in [-0.25, -0.2) is 0 Å². The van der Waals surface area contributed by atoms with Crippen LogP contribution in [0.4, 0.5) is 0 Å². The average Bonchev–Trinajstić information content (AvgIpc) is 2.81. The molecule has 0 aliphatic rings. The van der Waals surface area contributed by atoms with Gasteiger partial charge in [0.15, 0.2) is 0 Å². The van der Waals surface area contributed by atoms with Crippen LogP contribution in [0.25, 0.3) is 10.2 Å². The number of hydrogen-bond acceptors (Lipinski definition) is 5. The Morgan fingerprint density at radius 1 is 1.43 bits per heavy atom. The summed E-state index contributed by atoms with van der Waals surface area (Å²) < 4.78 is 1.34. The minimum Gasteiger partial charge on any atom is -0.507 e. The summed E-state index contributed by atoms with van der Waals surface area (Å²) >= 11 is 6.64. The van der Waals surface area contributed by atoms with Crippen LogP contribution in [0.1, 0.15) is 10.4 Å². The Labute approximate surface area is 128 Å². The summed E-state index contributed by atoms with van der Waals surface area (Å²) in [7, 11) is 0. The Morgan fingerprint density at radius 3 is 2.95 bits per heavy atom. The third-order valence-corrected chi connectivity index (χ3v) is 4.18. The number of aromatic amines is 1. The van der Waals surface area contributed by atoms with Gasteiger partial charge in [-0.3, -0.25) is 4.79 Å². The fraction of sp³-hybridized carbons (Fsp3) is 0.0714. The number of nitrogens with one attached hydrogen (secondary N) is 1. The normalized spacial score (nSPS) is 11.5. The summed E-state index contributed by atoms with van der Waals surface area (Å²) in [5.41, 5.74) is 0.241. The summed E-state index contributed by atoms with van der Waals surface area (Å²) in [6, 6.07) is 8.54. The highest BCUT2D eigenvalue weighted by Gasteiger charge is 2.07. The molecule has 0 unspecified atom stereocenters. The Morgan fingerprint density at radius 2 is 2.19 bits per heavy atom. The van der Waals surface area contributed by atoms with E-state index in [1.54, 1.807) is 30.3 Å². The minimum atomic E-state index is -0.273. The maximum Gasteiger partial charge on any atom is 0.283 e. The predicted octanol–water partition coefficient (Wildman–Crippen LogP) is 3.02. The number of aromatic hydroxyl groups is 1. The third kappa shape index (κ3) is 2.53. The van der Waals surface area contributed by atoms with Crippen LogP contribution < -0.4 is 5.56 Å². The van der Waals surface area contributed by atoms with Crippen LogP contribution in [0.3, 0.4) is 0 Å². The fourth-order valence-electron chi connectivity index (χ4n) is 1.94. The van der Waals surface area contributed by atoms with Crippen molar-refractivity contribution in [3.63, 3.8) is 0 Å². The quantitative estimate of drug-likeness (QED) is 0.564. The topological polar surface area (TPSA) is 70.4 Å². The molecule has 3 aromatic rings. The second-order valence-electron chi connectivity index (χ2n) is 4.45. The molecule has 0 spiro atoms. The van der Waals surface area contributed by atoms with Crippen LogP contribution in [0, 0.1) is 11.7 Å². The van der Waals surface area contributed by atoms with E-state index in [-0.39, 0.29) is 16.1 Å². The molecule has 0 atom stereocenters. The lowest BCUT2D eigenvalue weighted by Gasteiger charge is -2.00. The van der Waals surface area contributed by atoms with Crippen LogP contribution in [0.15, 0.2) is 40.2 Å². The molecular formula is C14H11N3O2S2. The highest BCUT2D eigenvalue weighted by molar-refractivity contribution is 7.71. The number of benzene rings is 1. The average molecular weight is 317 g/mol. The second kappa shape index (κ2) is 5.27. The first-order valence-electron chi connectivity index (χ1n) is 6.14. The predicted molar refractivity (Wildman–Crippen MR) is 87.1 cm³/mol. The number of hydrogen-bond donors (Lipinski definition) is 2. The Kier molecular flexibility index (Phi) is 3.44. The number of phenolic OH excluding ortho intramolecular Hbond substituents is 1. The van der Waals surface area contributed by atoms with Gasteiger partial charge in [-0.15, -0.1) is 11.3 Å². The molecular weight excluding hydrogens is 306 g/mol. The van der Waals surface area contributed by atoms with Gasteiger partial charge in [0, 0.05) is 10.4 Å². The molecule has 2 aromatic heterocycles. The van der Waals surface area contributed by atoms with E-state index in [4.69, 9.17) is 12.2 Å². The number of nitrogens with zero attached hydrogens (tertiary/aromatic N) is 2. The van der Waals surface area contributed by atoms with Crippen LogP contribution >= 0.6 is 23.6 Å². The van der Waals surface area contributed by atoms with Gasteiger partial charge in [-0.2, -0.15) is 9.78 Å². The standard InChI is InChI=1S/C14H11N3O2S2/c1-8-6-10-12(21-8)16-14(20)17(13(10)19)15-7-9-4-2-3-5-11(9)18/h2-7,18H,1H3,(H,16,20). The van der Waals surface area contributed by atoms with Crippen molar-refractivity contribution >= 4 is 40.0 Å². The number of rotatable bonds is 2. The number of phenols is 1. The van der Waals surface area contributed by atoms with Crippen LogP contribution in [-0.2, 0) is 0 Å². The molecule has 21 heavy (non-hydrogen) atoms. The lowest BCUT2D eigenvalue weighted by atomic mass is 10.2. The summed E-state index contributed by atoms with van der Waals surface area (Å²) in [6.45, 7) is 1.93. The highest BCUT2D eigenvalue weighted by Crippen LogP contribution is 2.19. The van der Waals surface area contributed by atoms with E-state index in [0.717, 1.165) is 14.4 Å². The minimum absolute atomic E-state index is 0.0941. The van der Waals surface area contributed by atoms with Crippen LogP contribution in [0.5, 0.6) is 5.75 Å². The highest BCUT2D eigenvalue weighted by atomic mass is 32.1. The summed E-state index contributed by atoms with van der Waals surface area (Å²) in [5, 5.41) is 14.3. The first-order valence-corrected chi connectivity index (χ1v) is 7.36. The van der Waals surface area contributed by atoms with E-state index in [2.05, 4.69) is 10.1 Å². The summed E-state index contributed by atoms with van der Waals surface area (Å²) in [6.07, 6.45) is 1.41. The zero-order valence-corrected chi connectivity index (χ0v) is 12.7. The van der Waals surface area contributed by atoms with Gasteiger partial charge in [0.05, 0.1) is 11.6 Å². The van der Waals surface area contributed by atoms with Gasteiger partial charge in [-0.05, 0) is 37.3 Å². The van der Waals surface area contributed by atoms with Gasteiger partial charge >= 0.3 is 0 Å². The molecule has 0 saturated carbocycles. The van der Waals surface area contributed by atoms with Crippen molar-refractivity contribution < 1.29 is 5.11 Å². The second-order valence-corrected chi connectivity index (χ2v) is 6.09. The van der Waals surface area contributed by atoms with Gasteiger partial charge in [0.2, 0.25) is 4.77 Å². The van der Waals surface area contributed by atoms with Gasteiger partial charge < -0.3 is 10.1 Å². The summed E-state index contributed by atoms with van der Waals surface area (Å²) in [5.74, 6) is 0.0941. The van der Waals surface area contributed by atoms with E-state index in [0.29, 0.717) is 10.9 Å². The maximum absolute atomic E-state index is 12.4. The number of aromatic nitrogens is 2. The Balaban J connectivity index is 2.15. The van der Waals surface area contributed by atoms with Crippen molar-refractivity contribution in [2.24, 2.45) is 5.10 Å². The number of thiophene rings is 1. The van der Waals surface area contributed by atoms with Gasteiger partial charge in [0.25, 0.3) is 5.56 Å². The number of H-pyrrole nitrogens is 1. The lowest BCUT2D eigenvalue weighted by Crippen LogP contribution is -2.17. The molecule has 1 aromatic carbocycles. The van der Waals surface area contributed by atoms with E-state index in [9.17, 15) is 9.90 Å². The van der Waals surface area contributed by atoms with Crippen molar-refractivity contribution in [1.82, 2.24) is 9.66 Å². The molecule has 0 aliphatic heterocycles. The van der Waals surface area contributed by atoms with E-state index >= 15 is 0 Å². The molecule has 3 rings (SSSR count). The van der Waals surface area contributed by atoms with Crippen LogP contribution in [0.2, 0.25) is 0 Å². The van der Waals surface area contributed by atoms with Gasteiger partial charge in [0.1, 0.15) is 10.6 Å². The number of fused-ring (bicyclic) bond motifs is 1. The zero-order valence-electron chi connectivity index (χ0n) is 11.0. The molecule has 106 valence electrons. The molecule has 0 radical (unpaired) electrons. The van der Waals surface area contributed by atoms with E-state index in [1.807, 2.05) is 6.92 Å². The van der Waals surface area contributed by atoms with E-state index in [1.165, 1.54) is 17.6 Å². The first-order chi connectivity index (χ1) is 10.1. The molecule has 0 fully saturated rings. The molecule has 0 bridgehead atoms. The molecule has 2 N–H and O–H groups in total. The monoisotopic (exact) mass is 317 g/mol. The Bertz CT molecular complexity index is 966.